The lowest BCUT2D eigenvalue weighted by Crippen LogP contribution is -2.11. The first-order valence-corrected chi connectivity index (χ1v) is 5.93. The molecule has 0 aliphatic rings. The molecule has 0 fully saturated rings. The summed E-state index contributed by atoms with van der Waals surface area (Å²) in [6.07, 6.45) is 4.23. The second kappa shape index (κ2) is 4.29. The van der Waals surface area contributed by atoms with Gasteiger partial charge in [-0.1, -0.05) is 0 Å². The van der Waals surface area contributed by atoms with E-state index in [0.717, 1.165) is 15.8 Å². The van der Waals surface area contributed by atoms with E-state index in [2.05, 4.69) is 27.4 Å². The standard InChI is InChI=1S/C10H10BrNOS/c11-10-4-8(6-14-10)9(12)3-7-1-2-13-5-7/h1-2,4-6,9H,3,12H2. The van der Waals surface area contributed by atoms with Gasteiger partial charge in [-0.3, -0.25) is 0 Å². The van der Waals surface area contributed by atoms with Gasteiger partial charge in [-0.25, -0.2) is 0 Å². The Morgan fingerprint density at radius 2 is 2.43 bits per heavy atom. The van der Waals surface area contributed by atoms with E-state index in [0.29, 0.717) is 0 Å². The second-order valence-corrected chi connectivity index (χ2v) is 5.42. The fourth-order valence-electron chi connectivity index (χ4n) is 1.30. The zero-order valence-electron chi connectivity index (χ0n) is 7.44. The molecule has 0 saturated heterocycles. The number of thiophene rings is 1. The summed E-state index contributed by atoms with van der Waals surface area (Å²) in [5, 5.41) is 2.08. The summed E-state index contributed by atoms with van der Waals surface area (Å²) in [7, 11) is 0. The van der Waals surface area contributed by atoms with Crippen LogP contribution in [0.15, 0.2) is 38.2 Å². The predicted octanol–water partition coefficient (Wildman–Crippen LogP) is 3.35. The van der Waals surface area contributed by atoms with E-state index in [-0.39, 0.29) is 6.04 Å². The van der Waals surface area contributed by atoms with Gasteiger partial charge in [0.05, 0.1) is 16.3 Å². The minimum atomic E-state index is 0.0511. The van der Waals surface area contributed by atoms with E-state index < -0.39 is 0 Å². The van der Waals surface area contributed by atoms with Crippen LogP contribution in [0, 0.1) is 0 Å². The van der Waals surface area contributed by atoms with Crippen molar-refractivity contribution >= 4 is 27.3 Å². The first kappa shape index (κ1) is 9.96. The van der Waals surface area contributed by atoms with Crippen LogP contribution in [0.5, 0.6) is 0 Å². The molecule has 0 saturated carbocycles. The Hall–Kier alpha value is -0.580. The number of furan rings is 1. The molecule has 0 aromatic carbocycles. The molecule has 0 amide bonds. The first-order valence-electron chi connectivity index (χ1n) is 4.26. The second-order valence-electron chi connectivity index (χ2n) is 3.13. The summed E-state index contributed by atoms with van der Waals surface area (Å²) in [5.74, 6) is 0. The molecule has 0 aliphatic heterocycles. The Morgan fingerprint density at radius 3 is 3.00 bits per heavy atom. The van der Waals surface area contributed by atoms with Crippen LogP contribution < -0.4 is 5.73 Å². The Morgan fingerprint density at radius 1 is 1.57 bits per heavy atom. The van der Waals surface area contributed by atoms with Gasteiger partial charge in [-0.15, -0.1) is 11.3 Å². The number of hydrogen-bond acceptors (Lipinski definition) is 3. The van der Waals surface area contributed by atoms with Crippen molar-refractivity contribution in [2.45, 2.75) is 12.5 Å². The largest absolute Gasteiger partial charge is 0.472 e. The van der Waals surface area contributed by atoms with Gasteiger partial charge in [-0.2, -0.15) is 0 Å². The maximum absolute atomic E-state index is 6.04. The van der Waals surface area contributed by atoms with E-state index in [1.807, 2.05) is 6.07 Å². The Balaban J connectivity index is 2.06. The molecule has 2 nitrogen and oxygen atoms in total. The smallest absolute Gasteiger partial charge is 0.0935 e. The van der Waals surface area contributed by atoms with Gasteiger partial charge in [0.15, 0.2) is 0 Å². The summed E-state index contributed by atoms with van der Waals surface area (Å²) in [5.41, 5.74) is 8.35. The van der Waals surface area contributed by atoms with E-state index >= 15 is 0 Å². The summed E-state index contributed by atoms with van der Waals surface area (Å²) in [6, 6.07) is 4.06. The highest BCUT2D eigenvalue weighted by Crippen LogP contribution is 2.26. The monoisotopic (exact) mass is 271 g/mol. The molecule has 0 radical (unpaired) electrons. The van der Waals surface area contributed by atoms with Gasteiger partial charge in [0, 0.05) is 6.04 Å². The fourth-order valence-corrected chi connectivity index (χ4v) is 2.54. The number of rotatable bonds is 3. The van der Waals surface area contributed by atoms with Crippen molar-refractivity contribution in [3.05, 3.63) is 45.0 Å². The number of halogens is 1. The molecule has 2 N–H and O–H groups in total. The summed E-state index contributed by atoms with van der Waals surface area (Å²) in [4.78, 5) is 0. The van der Waals surface area contributed by atoms with Crippen LogP contribution in [0.1, 0.15) is 17.2 Å². The van der Waals surface area contributed by atoms with E-state index in [1.165, 1.54) is 5.56 Å². The van der Waals surface area contributed by atoms with Crippen LogP contribution in [-0.2, 0) is 6.42 Å². The van der Waals surface area contributed by atoms with Crippen molar-refractivity contribution in [1.29, 1.82) is 0 Å². The lowest BCUT2D eigenvalue weighted by Gasteiger charge is -2.07. The van der Waals surface area contributed by atoms with Crippen LogP contribution in [-0.4, -0.2) is 0 Å². The maximum Gasteiger partial charge on any atom is 0.0935 e. The highest BCUT2D eigenvalue weighted by Gasteiger charge is 2.09. The molecule has 1 unspecified atom stereocenters. The molecular formula is C10H10BrNOS. The van der Waals surface area contributed by atoms with Crippen LogP contribution in [0.2, 0.25) is 0 Å². The van der Waals surface area contributed by atoms with Crippen LogP contribution >= 0.6 is 27.3 Å². The molecule has 2 rings (SSSR count). The Bertz CT molecular complexity index is 396. The van der Waals surface area contributed by atoms with Crippen LogP contribution in [0.25, 0.3) is 0 Å². The lowest BCUT2D eigenvalue weighted by atomic mass is 10.1. The molecular weight excluding hydrogens is 262 g/mol. The minimum absolute atomic E-state index is 0.0511. The van der Waals surface area contributed by atoms with E-state index in [9.17, 15) is 0 Å². The minimum Gasteiger partial charge on any atom is -0.472 e. The third kappa shape index (κ3) is 2.26. The van der Waals surface area contributed by atoms with Gasteiger partial charge < -0.3 is 10.2 Å². The maximum atomic E-state index is 6.04. The fraction of sp³-hybridized carbons (Fsp3) is 0.200. The van der Waals surface area contributed by atoms with Gasteiger partial charge in [0.1, 0.15) is 0 Å². The molecule has 4 heteroatoms. The Kier molecular flexibility index (Phi) is 3.05. The SMILES string of the molecule is NC(Cc1ccoc1)c1csc(Br)c1. The molecule has 14 heavy (non-hydrogen) atoms. The molecule has 0 aliphatic carbocycles. The highest BCUT2D eigenvalue weighted by atomic mass is 79.9. The topological polar surface area (TPSA) is 39.2 Å². The normalized spacial score (nSPS) is 13.0. The molecule has 2 heterocycles. The van der Waals surface area contributed by atoms with Gasteiger partial charge in [-0.05, 0) is 51.0 Å². The molecule has 74 valence electrons. The lowest BCUT2D eigenvalue weighted by molar-refractivity contribution is 0.561. The van der Waals surface area contributed by atoms with Gasteiger partial charge >= 0.3 is 0 Å². The molecule has 1 atom stereocenters. The quantitative estimate of drug-likeness (QED) is 0.930. The molecule has 0 bridgehead atoms. The van der Waals surface area contributed by atoms with Crippen molar-refractivity contribution < 1.29 is 4.42 Å². The average Bonchev–Trinajstić information content (AvgIpc) is 2.75. The van der Waals surface area contributed by atoms with Crippen molar-refractivity contribution in [2.24, 2.45) is 5.73 Å². The zero-order chi connectivity index (χ0) is 9.97. The summed E-state index contributed by atoms with van der Waals surface area (Å²) >= 11 is 5.08. The van der Waals surface area contributed by atoms with Crippen molar-refractivity contribution in [3.63, 3.8) is 0 Å². The third-order valence-corrected chi connectivity index (χ3v) is 3.57. The molecule has 2 aromatic heterocycles. The van der Waals surface area contributed by atoms with Crippen LogP contribution in [0.4, 0.5) is 0 Å². The summed E-state index contributed by atoms with van der Waals surface area (Å²) < 4.78 is 6.11. The van der Waals surface area contributed by atoms with Gasteiger partial charge in [0.25, 0.3) is 0 Å². The third-order valence-electron chi connectivity index (χ3n) is 2.05. The van der Waals surface area contributed by atoms with Gasteiger partial charge in [0.2, 0.25) is 0 Å². The number of nitrogens with two attached hydrogens (primary N) is 1. The average molecular weight is 272 g/mol. The van der Waals surface area contributed by atoms with E-state index in [1.54, 1.807) is 23.9 Å². The van der Waals surface area contributed by atoms with Crippen LogP contribution in [0.3, 0.4) is 0 Å². The van der Waals surface area contributed by atoms with Crippen molar-refractivity contribution in [2.75, 3.05) is 0 Å². The first-order chi connectivity index (χ1) is 6.75. The highest BCUT2D eigenvalue weighted by molar-refractivity contribution is 9.11. The number of hydrogen-bond donors (Lipinski definition) is 1. The van der Waals surface area contributed by atoms with E-state index in [4.69, 9.17) is 10.2 Å². The van der Waals surface area contributed by atoms with Crippen molar-refractivity contribution in [3.8, 4) is 0 Å². The molecule has 2 aromatic rings. The molecule has 0 spiro atoms. The summed E-state index contributed by atoms with van der Waals surface area (Å²) in [6.45, 7) is 0. The Labute approximate surface area is 94.9 Å². The van der Waals surface area contributed by atoms with Crippen molar-refractivity contribution in [1.82, 2.24) is 0 Å². The predicted molar refractivity (Wildman–Crippen MR) is 61.4 cm³/mol. The zero-order valence-corrected chi connectivity index (χ0v) is 9.85.